The third kappa shape index (κ3) is 2.59. The topological polar surface area (TPSA) is 24.9 Å². The molecule has 0 saturated carbocycles. The van der Waals surface area contributed by atoms with Crippen LogP contribution < -0.4 is 5.32 Å². The van der Waals surface area contributed by atoms with E-state index in [4.69, 9.17) is 0 Å². The zero-order valence-corrected chi connectivity index (χ0v) is 10.6. The molecule has 0 radical (unpaired) electrons. The molecule has 0 aliphatic heterocycles. The summed E-state index contributed by atoms with van der Waals surface area (Å²) >= 11 is 0. The lowest BCUT2D eigenvalue weighted by Crippen LogP contribution is -2.01. The first kappa shape index (κ1) is 12.5. The summed E-state index contributed by atoms with van der Waals surface area (Å²) in [6, 6.07) is 11.2. The van der Waals surface area contributed by atoms with Crippen molar-refractivity contribution in [2.75, 3.05) is 5.32 Å². The minimum Gasteiger partial charge on any atom is -0.381 e. The molecule has 0 amide bonds. The molecule has 1 heterocycles. The summed E-state index contributed by atoms with van der Waals surface area (Å²) in [5.74, 6) is -1.18. The van der Waals surface area contributed by atoms with Gasteiger partial charge < -0.3 is 5.32 Å². The van der Waals surface area contributed by atoms with E-state index in [0.29, 0.717) is 12.2 Å². The molecule has 0 fully saturated rings. The lowest BCUT2D eigenvalue weighted by molar-refractivity contribution is 0.584. The molecule has 0 unspecified atom stereocenters. The second-order valence-corrected chi connectivity index (χ2v) is 4.53. The van der Waals surface area contributed by atoms with Crippen LogP contribution in [-0.4, -0.2) is 4.98 Å². The fourth-order valence-corrected chi connectivity index (χ4v) is 2.20. The van der Waals surface area contributed by atoms with Crippen LogP contribution in [0.25, 0.3) is 10.8 Å². The highest BCUT2D eigenvalue weighted by Crippen LogP contribution is 2.19. The molecule has 3 rings (SSSR count). The predicted octanol–water partition coefficient (Wildman–Crippen LogP) is 4.13. The molecule has 0 atom stereocenters. The van der Waals surface area contributed by atoms with E-state index in [0.717, 1.165) is 22.4 Å². The Morgan fingerprint density at radius 1 is 1.00 bits per heavy atom. The summed E-state index contributed by atoms with van der Waals surface area (Å²) in [5.41, 5.74) is 1.48. The molecule has 0 aliphatic carbocycles. The van der Waals surface area contributed by atoms with Gasteiger partial charge in [0.15, 0.2) is 0 Å². The lowest BCUT2D eigenvalue weighted by Gasteiger charge is -2.09. The molecule has 2 nitrogen and oxygen atoms in total. The first-order chi connectivity index (χ1) is 9.72. The molecular formula is C16H12F2N2. The standard InChI is InChI=1S/C16H12F2N2/c17-13-6-14(18)8-15(7-13)20-10-12-3-1-2-11-9-19-5-4-16(11)12/h1-9,20H,10H2. The van der Waals surface area contributed by atoms with Gasteiger partial charge in [0, 0.05) is 36.1 Å². The van der Waals surface area contributed by atoms with Crippen LogP contribution in [0, 0.1) is 11.6 Å². The Labute approximate surface area is 115 Å². The maximum atomic E-state index is 13.1. The molecule has 2 aromatic carbocycles. The summed E-state index contributed by atoms with van der Waals surface area (Å²) in [6.07, 6.45) is 3.52. The zero-order chi connectivity index (χ0) is 13.9. The molecule has 20 heavy (non-hydrogen) atoms. The van der Waals surface area contributed by atoms with Crippen molar-refractivity contribution >= 4 is 16.5 Å². The Bertz CT molecular complexity index is 731. The van der Waals surface area contributed by atoms with Crippen LogP contribution in [0.5, 0.6) is 0 Å². The number of pyridine rings is 1. The van der Waals surface area contributed by atoms with Gasteiger partial charge in [-0.3, -0.25) is 4.98 Å². The summed E-state index contributed by atoms with van der Waals surface area (Å²) in [5, 5.41) is 5.15. The van der Waals surface area contributed by atoms with Crippen LogP contribution in [0.15, 0.2) is 54.9 Å². The van der Waals surface area contributed by atoms with Gasteiger partial charge in [0.2, 0.25) is 0 Å². The molecule has 1 N–H and O–H groups in total. The van der Waals surface area contributed by atoms with Crippen molar-refractivity contribution in [3.8, 4) is 0 Å². The maximum Gasteiger partial charge on any atom is 0.128 e. The van der Waals surface area contributed by atoms with Crippen LogP contribution >= 0.6 is 0 Å². The van der Waals surface area contributed by atoms with Crippen LogP contribution in [-0.2, 0) is 6.54 Å². The summed E-state index contributed by atoms with van der Waals surface area (Å²) in [6.45, 7) is 0.490. The van der Waals surface area contributed by atoms with E-state index in [-0.39, 0.29) is 0 Å². The molecule has 0 bridgehead atoms. The predicted molar refractivity (Wildman–Crippen MR) is 75.4 cm³/mol. The highest BCUT2D eigenvalue weighted by molar-refractivity contribution is 5.84. The smallest absolute Gasteiger partial charge is 0.128 e. The van der Waals surface area contributed by atoms with Crippen LogP contribution in [0.3, 0.4) is 0 Å². The Hall–Kier alpha value is -2.49. The van der Waals surface area contributed by atoms with Gasteiger partial charge in [0.05, 0.1) is 0 Å². The SMILES string of the molecule is Fc1cc(F)cc(NCc2cccc3cnccc23)c1. The molecule has 0 saturated heterocycles. The first-order valence-corrected chi connectivity index (χ1v) is 6.24. The van der Waals surface area contributed by atoms with Gasteiger partial charge in [-0.1, -0.05) is 18.2 Å². The number of nitrogens with one attached hydrogen (secondary N) is 1. The number of nitrogens with zero attached hydrogens (tertiary/aromatic N) is 1. The average molecular weight is 270 g/mol. The van der Waals surface area contributed by atoms with Crippen LogP contribution in [0.1, 0.15) is 5.56 Å². The number of hydrogen-bond acceptors (Lipinski definition) is 2. The second kappa shape index (κ2) is 5.25. The van der Waals surface area contributed by atoms with E-state index in [9.17, 15) is 8.78 Å². The highest BCUT2D eigenvalue weighted by Gasteiger charge is 2.03. The maximum absolute atomic E-state index is 13.1. The van der Waals surface area contributed by atoms with Gasteiger partial charge in [0.1, 0.15) is 11.6 Å². The van der Waals surface area contributed by atoms with Crippen molar-refractivity contribution in [2.45, 2.75) is 6.54 Å². The molecule has 4 heteroatoms. The average Bonchev–Trinajstić information content (AvgIpc) is 2.44. The largest absolute Gasteiger partial charge is 0.381 e. The van der Waals surface area contributed by atoms with Crippen molar-refractivity contribution in [2.24, 2.45) is 0 Å². The van der Waals surface area contributed by atoms with Gasteiger partial charge in [-0.05, 0) is 29.1 Å². The summed E-state index contributed by atoms with van der Waals surface area (Å²) in [4.78, 5) is 4.08. The van der Waals surface area contributed by atoms with E-state index in [1.165, 1.54) is 12.1 Å². The van der Waals surface area contributed by atoms with E-state index >= 15 is 0 Å². The second-order valence-electron chi connectivity index (χ2n) is 4.53. The quantitative estimate of drug-likeness (QED) is 0.774. The minimum atomic E-state index is -0.588. The number of benzene rings is 2. The normalized spacial score (nSPS) is 10.7. The van der Waals surface area contributed by atoms with Crippen molar-refractivity contribution in [3.63, 3.8) is 0 Å². The van der Waals surface area contributed by atoms with E-state index < -0.39 is 11.6 Å². The molecule has 0 aliphatic rings. The van der Waals surface area contributed by atoms with Crippen molar-refractivity contribution < 1.29 is 8.78 Å². The van der Waals surface area contributed by atoms with Crippen LogP contribution in [0.2, 0.25) is 0 Å². The van der Waals surface area contributed by atoms with Gasteiger partial charge in [-0.2, -0.15) is 0 Å². The van der Waals surface area contributed by atoms with Gasteiger partial charge >= 0.3 is 0 Å². The van der Waals surface area contributed by atoms with Crippen molar-refractivity contribution in [3.05, 3.63) is 72.1 Å². The molecule has 0 spiro atoms. The van der Waals surface area contributed by atoms with Crippen molar-refractivity contribution in [1.29, 1.82) is 0 Å². The van der Waals surface area contributed by atoms with Crippen molar-refractivity contribution in [1.82, 2.24) is 4.98 Å². The number of anilines is 1. The van der Waals surface area contributed by atoms with E-state index in [2.05, 4.69) is 10.3 Å². The Balaban J connectivity index is 1.87. The first-order valence-electron chi connectivity index (χ1n) is 6.24. The molecular weight excluding hydrogens is 258 g/mol. The third-order valence-electron chi connectivity index (χ3n) is 3.12. The Morgan fingerprint density at radius 3 is 2.60 bits per heavy atom. The number of fused-ring (bicyclic) bond motifs is 1. The third-order valence-corrected chi connectivity index (χ3v) is 3.12. The van der Waals surface area contributed by atoms with Gasteiger partial charge in [-0.25, -0.2) is 8.78 Å². The molecule has 100 valence electrons. The fraction of sp³-hybridized carbons (Fsp3) is 0.0625. The monoisotopic (exact) mass is 270 g/mol. The number of halogens is 2. The number of hydrogen-bond donors (Lipinski definition) is 1. The van der Waals surface area contributed by atoms with E-state index in [1.54, 1.807) is 12.4 Å². The van der Waals surface area contributed by atoms with Gasteiger partial charge in [0.25, 0.3) is 0 Å². The number of aromatic nitrogens is 1. The summed E-state index contributed by atoms with van der Waals surface area (Å²) in [7, 11) is 0. The molecule has 1 aromatic heterocycles. The Kier molecular flexibility index (Phi) is 3.29. The lowest BCUT2D eigenvalue weighted by atomic mass is 10.1. The minimum absolute atomic E-state index is 0.425. The summed E-state index contributed by atoms with van der Waals surface area (Å²) < 4.78 is 26.2. The van der Waals surface area contributed by atoms with Crippen LogP contribution in [0.4, 0.5) is 14.5 Å². The van der Waals surface area contributed by atoms with E-state index in [1.807, 2.05) is 24.3 Å². The fourth-order valence-electron chi connectivity index (χ4n) is 2.20. The molecule has 3 aromatic rings. The Morgan fingerprint density at radius 2 is 1.80 bits per heavy atom. The van der Waals surface area contributed by atoms with Gasteiger partial charge in [-0.15, -0.1) is 0 Å². The number of rotatable bonds is 3. The highest BCUT2D eigenvalue weighted by atomic mass is 19.1. The zero-order valence-electron chi connectivity index (χ0n) is 10.6.